The maximum absolute atomic E-state index is 11.2. The van der Waals surface area contributed by atoms with Crippen LogP contribution in [0.4, 0.5) is 0 Å². The van der Waals surface area contributed by atoms with Gasteiger partial charge in [0.05, 0.1) is 12.1 Å². The van der Waals surface area contributed by atoms with Crippen LogP contribution in [0.15, 0.2) is 58.3 Å². The van der Waals surface area contributed by atoms with Crippen molar-refractivity contribution in [2.75, 3.05) is 0 Å². The van der Waals surface area contributed by atoms with Crippen molar-refractivity contribution in [1.82, 2.24) is 4.98 Å². The van der Waals surface area contributed by atoms with Gasteiger partial charge >= 0.3 is 5.97 Å². The maximum Gasteiger partial charge on any atom is 0.307 e. The normalized spacial score (nSPS) is 12.5. The van der Waals surface area contributed by atoms with Crippen LogP contribution < -0.4 is 0 Å². The molecule has 2 N–H and O–H groups in total. The van der Waals surface area contributed by atoms with Gasteiger partial charge in [0.2, 0.25) is 0 Å². The largest absolute Gasteiger partial charge is 0.481 e. The molecule has 0 fully saturated rings. The number of fused-ring (bicyclic) bond motifs is 1. The molecular weight excluding hydrogens is 434 g/mol. The highest BCUT2D eigenvalue weighted by Gasteiger charge is 2.20. The van der Waals surface area contributed by atoms with Crippen LogP contribution in [0.3, 0.4) is 0 Å². The number of thiazole rings is 1. The number of carbonyl (C=O) groups is 1. The number of aliphatic hydroxyl groups excluding tert-OH is 1. The van der Waals surface area contributed by atoms with Crippen molar-refractivity contribution < 1.29 is 19.4 Å². The molecule has 0 spiro atoms. The lowest BCUT2D eigenvalue weighted by molar-refractivity contribution is -0.136. The fourth-order valence-corrected chi connectivity index (χ4v) is 4.37. The minimum absolute atomic E-state index is 0. The summed E-state index contributed by atoms with van der Waals surface area (Å²) in [5, 5.41) is 23.8. The van der Waals surface area contributed by atoms with Gasteiger partial charge in [-0.05, 0) is 34.9 Å². The van der Waals surface area contributed by atoms with Crippen molar-refractivity contribution in [1.29, 1.82) is 0 Å². The van der Waals surface area contributed by atoms with Crippen molar-refractivity contribution in [2.24, 2.45) is 0 Å². The number of carboxylic acid groups (broad SMARTS) is 1. The van der Waals surface area contributed by atoms with Gasteiger partial charge in [0.1, 0.15) is 11.7 Å². The van der Waals surface area contributed by atoms with E-state index < -0.39 is 12.1 Å². The van der Waals surface area contributed by atoms with Gasteiger partial charge in [0.15, 0.2) is 10.8 Å². The zero-order valence-corrected chi connectivity index (χ0v) is 19.1. The molecule has 5 nitrogen and oxygen atoms in total. The van der Waals surface area contributed by atoms with Crippen molar-refractivity contribution in [3.63, 3.8) is 0 Å². The van der Waals surface area contributed by atoms with E-state index in [4.69, 9.17) is 14.5 Å². The number of aliphatic hydroxyl groups is 1. The Balaban J connectivity index is 0.00000272. The topological polar surface area (TPSA) is 83.6 Å². The molecule has 1 unspecified atom stereocenters. The molecule has 7 heteroatoms. The SMILES string of the molecule is CC(C)(C)c1csc(-c2cc3cc(C(O)c4ccccc4CC(=O)O)ccc3o2)n1.Cl. The highest BCUT2D eigenvalue weighted by Crippen LogP contribution is 2.35. The van der Waals surface area contributed by atoms with Crippen LogP contribution in [0.5, 0.6) is 0 Å². The molecule has 2 aromatic heterocycles. The van der Waals surface area contributed by atoms with Crippen molar-refractivity contribution in [2.45, 2.75) is 38.7 Å². The number of hydrogen-bond acceptors (Lipinski definition) is 5. The van der Waals surface area contributed by atoms with E-state index in [2.05, 4.69) is 26.2 Å². The van der Waals surface area contributed by atoms with Crippen LogP contribution in [0.25, 0.3) is 21.7 Å². The van der Waals surface area contributed by atoms with Crippen LogP contribution in [0, 0.1) is 0 Å². The number of carboxylic acids is 1. The van der Waals surface area contributed by atoms with Crippen molar-refractivity contribution in [3.8, 4) is 10.8 Å². The van der Waals surface area contributed by atoms with Crippen LogP contribution in [-0.4, -0.2) is 21.2 Å². The molecule has 0 aliphatic rings. The minimum Gasteiger partial charge on any atom is -0.481 e. The monoisotopic (exact) mass is 457 g/mol. The molecule has 162 valence electrons. The van der Waals surface area contributed by atoms with E-state index in [-0.39, 0.29) is 24.2 Å². The predicted octanol–water partition coefficient (Wildman–Crippen LogP) is 5.98. The maximum atomic E-state index is 11.2. The molecule has 0 amide bonds. The summed E-state index contributed by atoms with van der Waals surface area (Å²) < 4.78 is 5.99. The van der Waals surface area contributed by atoms with E-state index >= 15 is 0 Å². The van der Waals surface area contributed by atoms with Gasteiger partial charge in [0, 0.05) is 16.2 Å². The summed E-state index contributed by atoms with van der Waals surface area (Å²) in [6, 6.07) is 14.5. The Bertz CT molecular complexity index is 1220. The zero-order chi connectivity index (χ0) is 21.5. The molecule has 4 rings (SSSR count). The quantitative estimate of drug-likeness (QED) is 0.385. The molecule has 4 aromatic rings. The fraction of sp³-hybridized carbons (Fsp3) is 0.250. The third-order valence-electron chi connectivity index (χ3n) is 5.03. The zero-order valence-electron chi connectivity index (χ0n) is 17.5. The van der Waals surface area contributed by atoms with Crippen LogP contribution in [0.1, 0.15) is 49.3 Å². The van der Waals surface area contributed by atoms with E-state index in [1.54, 1.807) is 41.7 Å². The van der Waals surface area contributed by atoms with Gasteiger partial charge in [-0.1, -0.05) is 51.1 Å². The van der Waals surface area contributed by atoms with Crippen LogP contribution in [-0.2, 0) is 16.6 Å². The van der Waals surface area contributed by atoms with Gasteiger partial charge < -0.3 is 14.6 Å². The number of aliphatic carboxylic acids is 1. The Morgan fingerprint density at radius 3 is 2.58 bits per heavy atom. The Morgan fingerprint density at radius 2 is 1.90 bits per heavy atom. The lowest BCUT2D eigenvalue weighted by atomic mass is 9.93. The summed E-state index contributed by atoms with van der Waals surface area (Å²) in [5.74, 6) is -0.230. The second-order valence-electron chi connectivity index (χ2n) is 8.37. The second-order valence-corrected chi connectivity index (χ2v) is 9.23. The molecular formula is C24H24ClNO4S. The van der Waals surface area contributed by atoms with E-state index in [1.165, 1.54) is 0 Å². The molecule has 2 heterocycles. The standard InChI is InChI=1S/C24H23NO4S.ClH/c1-24(2,3)20-13-30-23(25-20)19-11-16-10-15(8-9-18(16)29-19)22(28)17-7-5-4-6-14(17)12-21(26)27;/h4-11,13,22,28H,12H2,1-3H3,(H,26,27);1H. The van der Waals surface area contributed by atoms with Crippen molar-refractivity contribution >= 4 is 40.7 Å². The number of benzene rings is 2. The van der Waals surface area contributed by atoms with Crippen LogP contribution >= 0.6 is 23.7 Å². The molecule has 0 aliphatic carbocycles. The lowest BCUT2D eigenvalue weighted by Gasteiger charge is -2.15. The molecule has 0 saturated carbocycles. The van der Waals surface area contributed by atoms with Gasteiger partial charge in [-0.25, -0.2) is 4.98 Å². The van der Waals surface area contributed by atoms with Gasteiger partial charge in [0.25, 0.3) is 0 Å². The minimum atomic E-state index is -0.928. The smallest absolute Gasteiger partial charge is 0.307 e. The molecule has 0 radical (unpaired) electrons. The summed E-state index contributed by atoms with van der Waals surface area (Å²) in [4.78, 5) is 15.9. The Hall–Kier alpha value is -2.67. The summed E-state index contributed by atoms with van der Waals surface area (Å²) >= 11 is 1.55. The first-order chi connectivity index (χ1) is 14.2. The summed E-state index contributed by atoms with van der Waals surface area (Å²) in [7, 11) is 0. The van der Waals surface area contributed by atoms with Crippen LogP contribution in [0.2, 0.25) is 0 Å². The predicted molar refractivity (Wildman–Crippen MR) is 125 cm³/mol. The third-order valence-corrected chi connectivity index (χ3v) is 5.89. The highest BCUT2D eigenvalue weighted by atomic mass is 35.5. The third kappa shape index (κ3) is 4.82. The number of halogens is 1. The average molecular weight is 458 g/mol. The van der Waals surface area contributed by atoms with E-state index in [0.29, 0.717) is 28.0 Å². The van der Waals surface area contributed by atoms with E-state index in [9.17, 15) is 9.90 Å². The van der Waals surface area contributed by atoms with Gasteiger partial charge in [-0.15, -0.1) is 23.7 Å². The number of nitrogens with zero attached hydrogens (tertiary/aromatic N) is 1. The summed E-state index contributed by atoms with van der Waals surface area (Å²) in [6.45, 7) is 6.38. The molecule has 31 heavy (non-hydrogen) atoms. The Kier molecular flexibility index (Phi) is 6.55. The second kappa shape index (κ2) is 8.83. The molecule has 0 aliphatic heterocycles. The first-order valence-electron chi connectivity index (χ1n) is 9.70. The van der Waals surface area contributed by atoms with Crippen molar-refractivity contribution in [3.05, 3.63) is 76.3 Å². The highest BCUT2D eigenvalue weighted by molar-refractivity contribution is 7.13. The molecule has 0 bridgehead atoms. The lowest BCUT2D eigenvalue weighted by Crippen LogP contribution is -2.11. The Labute approximate surface area is 190 Å². The van der Waals surface area contributed by atoms with E-state index in [1.807, 2.05) is 18.2 Å². The molecule has 1 atom stereocenters. The molecule has 2 aromatic carbocycles. The van der Waals surface area contributed by atoms with E-state index in [0.717, 1.165) is 16.1 Å². The Morgan fingerprint density at radius 1 is 1.16 bits per heavy atom. The number of aromatic nitrogens is 1. The van der Waals surface area contributed by atoms with Gasteiger partial charge in [-0.3, -0.25) is 4.79 Å². The summed E-state index contributed by atoms with van der Waals surface area (Å²) in [5.41, 5.74) is 3.59. The molecule has 0 saturated heterocycles. The first kappa shape index (κ1) is 23.0. The number of furan rings is 1. The fourth-order valence-electron chi connectivity index (χ4n) is 3.37. The number of hydrogen-bond donors (Lipinski definition) is 2. The summed E-state index contributed by atoms with van der Waals surface area (Å²) in [6.07, 6.45) is -1.05. The average Bonchev–Trinajstić information content (AvgIpc) is 3.33. The van der Waals surface area contributed by atoms with Gasteiger partial charge in [-0.2, -0.15) is 0 Å². The number of rotatable bonds is 5. The first-order valence-corrected chi connectivity index (χ1v) is 10.6.